The van der Waals surface area contributed by atoms with E-state index in [0.717, 1.165) is 86.9 Å². The Labute approximate surface area is 479 Å². The summed E-state index contributed by atoms with van der Waals surface area (Å²) >= 11 is 0. The average molecular weight is 1100 g/mol. The van der Waals surface area contributed by atoms with Crippen molar-refractivity contribution in [2.75, 3.05) is 0 Å². The molecule has 17 aromatic rings. The van der Waals surface area contributed by atoms with Crippen molar-refractivity contribution < 1.29 is 26.5 Å². The lowest BCUT2D eigenvalue weighted by molar-refractivity contribution is -0.621. The van der Waals surface area contributed by atoms with Crippen molar-refractivity contribution in [3.63, 3.8) is 0 Å². The minimum atomic E-state index is -2.27. The number of nitrogens with zero attached hydrogens (tertiary/aromatic N) is 19. The second kappa shape index (κ2) is 17.5. The van der Waals surface area contributed by atoms with Crippen LogP contribution >= 0.6 is 0 Å². The minimum Gasteiger partial charge on any atom is -0.387 e. The summed E-state index contributed by atoms with van der Waals surface area (Å²) in [5.74, 6) is 3.80. The number of oxazole rings is 1. The van der Waals surface area contributed by atoms with Crippen molar-refractivity contribution in [1.82, 2.24) is 71.5 Å². The van der Waals surface area contributed by atoms with E-state index < -0.39 is 6.98 Å². The fourth-order valence-electron chi connectivity index (χ4n) is 13.2. The molecule has 4 aliphatic rings. The van der Waals surface area contributed by atoms with Crippen molar-refractivity contribution in [3.8, 4) is 50.7 Å². The van der Waals surface area contributed by atoms with E-state index in [4.69, 9.17) is 8.53 Å². The molecule has 4 aliphatic heterocycles. The third-order valence-electron chi connectivity index (χ3n) is 16.9. The number of para-hydroxylation sites is 1. The molecular formula is C64H47N19O+4. The fourth-order valence-corrected chi connectivity index (χ4v) is 13.2. The first-order valence-electron chi connectivity index (χ1n) is 28.9. The van der Waals surface area contributed by atoms with Gasteiger partial charge in [0, 0.05) is 125 Å². The van der Waals surface area contributed by atoms with Gasteiger partial charge in [-0.15, -0.1) is 0 Å². The molecule has 0 amide bonds. The highest BCUT2D eigenvalue weighted by molar-refractivity contribution is 5.82. The lowest BCUT2D eigenvalue weighted by Crippen LogP contribution is -2.29. The van der Waals surface area contributed by atoms with Gasteiger partial charge in [-0.1, -0.05) is 18.2 Å². The largest absolute Gasteiger partial charge is 0.468 e. The van der Waals surface area contributed by atoms with Crippen molar-refractivity contribution in [2.45, 2.75) is 26.2 Å². The predicted octanol–water partition coefficient (Wildman–Crippen LogP) is 7.86. The highest BCUT2D eigenvalue weighted by Gasteiger charge is 2.36. The maximum absolute atomic E-state index is 7.95. The Morgan fingerprint density at radius 3 is 1.49 bits per heavy atom. The van der Waals surface area contributed by atoms with E-state index in [1.807, 2.05) is 114 Å². The number of imidazole rings is 7. The topological polar surface area (TPSA) is 166 Å². The maximum Gasteiger partial charge on any atom is 0.468 e. The normalized spacial score (nSPS) is 13.6. The quantitative estimate of drug-likeness (QED) is 0.149. The van der Waals surface area contributed by atoms with Crippen LogP contribution in [0, 0.1) is 0 Å². The summed E-state index contributed by atoms with van der Waals surface area (Å²) in [4.78, 5) is 33.8. The third kappa shape index (κ3) is 6.51. The molecule has 0 aliphatic carbocycles. The summed E-state index contributed by atoms with van der Waals surface area (Å²) < 4.78 is 53.1. The zero-order chi connectivity index (χ0) is 57.8. The Morgan fingerprint density at radius 2 is 0.881 bits per heavy atom. The number of hydrogen-bond acceptors (Lipinski definition) is 9. The Morgan fingerprint density at radius 1 is 0.417 bits per heavy atom. The van der Waals surface area contributed by atoms with Crippen LogP contribution in [0.25, 0.3) is 118 Å². The van der Waals surface area contributed by atoms with Crippen molar-refractivity contribution >= 4 is 67.4 Å². The molecule has 0 saturated heterocycles. The van der Waals surface area contributed by atoms with Gasteiger partial charge in [0.1, 0.15) is 70.7 Å². The summed E-state index contributed by atoms with van der Waals surface area (Å²) in [6, 6.07) is 26.4. The number of rotatable bonds is 1. The van der Waals surface area contributed by atoms with E-state index in [9.17, 15) is 0 Å². The van der Waals surface area contributed by atoms with E-state index in [2.05, 4.69) is 150 Å². The fraction of sp³-hybridized carbons (Fsp3) is 0.0938. The van der Waals surface area contributed by atoms with E-state index in [1.165, 1.54) is 66.3 Å². The van der Waals surface area contributed by atoms with Gasteiger partial charge in [0.25, 0.3) is 0 Å². The Bertz CT molecular complexity index is 5700. The highest BCUT2D eigenvalue weighted by atomic mass is 16.4. The summed E-state index contributed by atoms with van der Waals surface area (Å²) in [6.07, 6.45) is 37.9. The molecule has 1 aromatic carbocycles. The molecule has 21 rings (SSSR count). The number of aromatic nitrogens is 19. The zero-order valence-corrected chi connectivity index (χ0v) is 44.8. The number of hydrogen-bond donors (Lipinski definition) is 0. The number of pyridine rings is 8. The van der Waals surface area contributed by atoms with Gasteiger partial charge in [0.15, 0.2) is 33.3 Å². The summed E-state index contributed by atoms with van der Waals surface area (Å²) in [5.41, 5.74) is 23.4. The molecule has 0 atom stereocenters. The first-order chi connectivity index (χ1) is 42.7. The van der Waals surface area contributed by atoms with Gasteiger partial charge < -0.3 is 4.42 Å². The van der Waals surface area contributed by atoms with E-state index in [-0.39, 0.29) is 0 Å². The average Bonchev–Trinajstić information content (AvgIpc) is 1.63. The lowest BCUT2D eigenvalue weighted by Gasteiger charge is -2.01. The molecule has 0 bridgehead atoms. The summed E-state index contributed by atoms with van der Waals surface area (Å²) in [7, 11) is 2.10. The van der Waals surface area contributed by atoms with Crippen LogP contribution in [-0.2, 0) is 40.2 Å². The van der Waals surface area contributed by atoms with Gasteiger partial charge in [-0.05, 0) is 54.6 Å². The molecule has 400 valence electrons. The molecule has 0 spiro atoms. The standard InChI is InChI=1S/C20H14N5.2C15H12N5.C14H9N4O/c1-2-4-15(5-3-1)25-17-7-9-22-11-18(17)24-13-19-16-6-8-21-10-14(16)12-23(19)20(24)25;2*1-18-12-3-5-17-7-13(12)20-9-14-11-2-4-16-6-10(11)8-19(14)15(18)20;1-3-15-5-9-7-17-12(10(1)9)8-18-11-6-16-4-2-13(11)19-14(17)18/h1-11,13H,12H2;2*2-7,9H,8H2,1H3;1-6,8H,7H2/q4*+1/i;1D3;;. The molecule has 84 heavy (non-hydrogen) atoms. The van der Waals surface area contributed by atoms with Crippen molar-refractivity contribution in [2.24, 2.45) is 14.0 Å². The molecule has 20 heteroatoms. The first kappa shape index (κ1) is 43.3. The molecule has 20 heterocycles. The van der Waals surface area contributed by atoms with E-state index >= 15 is 0 Å². The Balaban J connectivity index is 0.0000000877. The van der Waals surface area contributed by atoms with Crippen LogP contribution < -0.4 is 17.9 Å². The lowest BCUT2D eigenvalue weighted by atomic mass is 10.1. The molecule has 0 unspecified atom stereocenters. The van der Waals surface area contributed by atoms with Crippen LogP contribution in [0.2, 0.25) is 0 Å². The highest BCUT2D eigenvalue weighted by Crippen LogP contribution is 2.38. The zero-order valence-electron chi connectivity index (χ0n) is 47.8. The second-order valence-electron chi connectivity index (χ2n) is 21.3. The van der Waals surface area contributed by atoms with Gasteiger partial charge >= 0.3 is 23.2 Å². The molecule has 16 aromatic heterocycles. The van der Waals surface area contributed by atoms with Crippen molar-refractivity contribution in [1.29, 1.82) is 0 Å². The van der Waals surface area contributed by atoms with Gasteiger partial charge in [-0.2, -0.15) is 26.7 Å². The van der Waals surface area contributed by atoms with Crippen LogP contribution in [0.15, 0.2) is 207 Å². The van der Waals surface area contributed by atoms with Crippen LogP contribution in [0.4, 0.5) is 0 Å². The molecule has 0 fully saturated rings. The van der Waals surface area contributed by atoms with Crippen LogP contribution in [0.3, 0.4) is 0 Å². The van der Waals surface area contributed by atoms with E-state index in [0.29, 0.717) is 17.8 Å². The Kier molecular flexibility index (Phi) is 9.01. The first-order valence-corrected chi connectivity index (χ1v) is 27.4. The Hall–Kier alpha value is -11.5. The van der Waals surface area contributed by atoms with E-state index in [1.54, 1.807) is 30.9 Å². The van der Waals surface area contributed by atoms with Gasteiger partial charge in [0.05, 0.1) is 62.6 Å². The smallest absolute Gasteiger partial charge is 0.387 e. The monoisotopic (exact) mass is 1100 g/mol. The number of benzene rings is 1. The number of aryl methyl sites for hydroxylation is 2. The van der Waals surface area contributed by atoms with Crippen LogP contribution in [-0.4, -0.2) is 71.5 Å². The molecule has 0 N–H and O–H groups in total. The number of fused-ring (bicyclic) bond motifs is 28. The second-order valence-corrected chi connectivity index (χ2v) is 21.3. The SMILES string of the molecule is C[n+]1c2ccncc2n2cc3n(c21)Cc1cnccc1-3.[2H]C([2H])([2H])[n+]1c2ccncc2n2cc3n(c21)Cc1cnccc1-3.c1cc2c(cn1)Cn1c-2c[n+]2c3cnccc3oc12.c1ccc(-n2c3ccncc3[n+]3cc4n(c23)Cc2cnccc2-4)cc1. The molecule has 0 saturated carbocycles. The van der Waals surface area contributed by atoms with Crippen LogP contribution in [0.5, 0.6) is 0 Å². The van der Waals surface area contributed by atoms with Crippen molar-refractivity contribution in [3.05, 3.63) is 225 Å². The summed E-state index contributed by atoms with van der Waals surface area (Å²) in [6.45, 7) is 0.881. The van der Waals surface area contributed by atoms with Gasteiger partial charge in [-0.3, -0.25) is 39.9 Å². The van der Waals surface area contributed by atoms with Gasteiger partial charge in [-0.25, -0.2) is 22.8 Å². The molecule has 0 radical (unpaired) electrons. The summed E-state index contributed by atoms with van der Waals surface area (Å²) in [5, 5.41) is 0. The molecular weight excluding hydrogens is 1050 g/mol. The molecule has 20 nitrogen and oxygen atoms in total. The van der Waals surface area contributed by atoms with Gasteiger partial charge in [0.2, 0.25) is 0 Å². The maximum atomic E-state index is 7.95. The minimum absolute atomic E-state index is 0.620. The van der Waals surface area contributed by atoms with Crippen LogP contribution in [0.1, 0.15) is 26.4 Å². The predicted molar refractivity (Wildman–Crippen MR) is 310 cm³/mol. The third-order valence-corrected chi connectivity index (χ3v) is 16.9.